The molecule has 1 aromatic carbocycles. The van der Waals surface area contributed by atoms with Gasteiger partial charge in [-0.25, -0.2) is 0 Å². The van der Waals surface area contributed by atoms with Crippen LogP contribution in [0, 0.1) is 0 Å². The van der Waals surface area contributed by atoms with Crippen molar-refractivity contribution in [3.05, 3.63) is 23.4 Å². The van der Waals surface area contributed by atoms with Crippen molar-refractivity contribution in [3.63, 3.8) is 0 Å². The maximum absolute atomic E-state index is 12.0. The van der Waals surface area contributed by atoms with Crippen LogP contribution < -0.4 is 9.47 Å². The van der Waals surface area contributed by atoms with Crippen molar-refractivity contribution < 1.29 is 14.3 Å². The Morgan fingerprint density at radius 1 is 1.17 bits per heavy atom. The number of nitrogens with zero attached hydrogens (tertiary/aromatic N) is 1. The van der Waals surface area contributed by atoms with Crippen molar-refractivity contribution in [3.8, 4) is 11.5 Å². The van der Waals surface area contributed by atoms with Crippen LogP contribution in [0.4, 0.5) is 0 Å². The van der Waals surface area contributed by atoms with Crippen molar-refractivity contribution in [2.75, 3.05) is 6.79 Å². The molecule has 1 aliphatic carbocycles. The SMILES string of the molecule is Cn1c2c(c3cc4c(cc31)OCO4)CCCC2=O. The lowest BCUT2D eigenvalue weighted by Gasteiger charge is -2.11. The van der Waals surface area contributed by atoms with Crippen molar-refractivity contribution >= 4 is 16.7 Å². The van der Waals surface area contributed by atoms with Crippen molar-refractivity contribution in [2.24, 2.45) is 7.05 Å². The number of aryl methyl sites for hydroxylation is 2. The molecule has 0 N–H and O–H groups in total. The van der Waals surface area contributed by atoms with Gasteiger partial charge in [-0.15, -0.1) is 0 Å². The van der Waals surface area contributed by atoms with Gasteiger partial charge in [0.25, 0.3) is 0 Å². The first-order valence-electron chi connectivity index (χ1n) is 6.20. The molecule has 1 aromatic heterocycles. The zero-order valence-corrected chi connectivity index (χ0v) is 10.2. The van der Waals surface area contributed by atoms with Crippen LogP contribution in [-0.4, -0.2) is 17.1 Å². The van der Waals surface area contributed by atoms with Crippen LogP contribution in [0.5, 0.6) is 11.5 Å². The Morgan fingerprint density at radius 2 is 1.94 bits per heavy atom. The van der Waals surface area contributed by atoms with Crippen molar-refractivity contribution in [2.45, 2.75) is 19.3 Å². The number of rotatable bonds is 0. The van der Waals surface area contributed by atoms with Gasteiger partial charge >= 0.3 is 0 Å². The number of hydrogen-bond donors (Lipinski definition) is 0. The van der Waals surface area contributed by atoms with Crippen LogP contribution in [0.2, 0.25) is 0 Å². The molecule has 1 aliphatic heterocycles. The van der Waals surface area contributed by atoms with Gasteiger partial charge in [-0.05, 0) is 24.5 Å². The highest BCUT2D eigenvalue weighted by Crippen LogP contribution is 2.40. The third-order valence-corrected chi connectivity index (χ3v) is 3.89. The van der Waals surface area contributed by atoms with E-state index in [4.69, 9.17) is 9.47 Å². The van der Waals surface area contributed by atoms with Gasteiger partial charge in [0.2, 0.25) is 6.79 Å². The lowest BCUT2D eigenvalue weighted by Crippen LogP contribution is -2.13. The summed E-state index contributed by atoms with van der Waals surface area (Å²) in [5, 5.41) is 1.13. The van der Waals surface area contributed by atoms with Gasteiger partial charge in [-0.1, -0.05) is 0 Å². The number of ether oxygens (including phenoxy) is 2. The smallest absolute Gasteiger partial charge is 0.231 e. The molecule has 18 heavy (non-hydrogen) atoms. The van der Waals surface area contributed by atoms with E-state index in [2.05, 4.69) is 0 Å². The molecule has 0 fully saturated rings. The first-order valence-corrected chi connectivity index (χ1v) is 6.20. The van der Waals surface area contributed by atoms with E-state index in [0.717, 1.165) is 40.9 Å². The summed E-state index contributed by atoms with van der Waals surface area (Å²) in [5.41, 5.74) is 3.08. The second-order valence-electron chi connectivity index (χ2n) is 4.89. The molecular formula is C14H13NO3. The van der Waals surface area contributed by atoms with E-state index in [1.54, 1.807) is 0 Å². The minimum absolute atomic E-state index is 0.247. The molecule has 0 spiro atoms. The molecule has 0 radical (unpaired) electrons. The summed E-state index contributed by atoms with van der Waals surface area (Å²) < 4.78 is 12.8. The highest BCUT2D eigenvalue weighted by Gasteiger charge is 2.26. The average Bonchev–Trinajstić information content (AvgIpc) is 2.92. The Morgan fingerprint density at radius 3 is 2.78 bits per heavy atom. The van der Waals surface area contributed by atoms with E-state index < -0.39 is 0 Å². The molecule has 4 nitrogen and oxygen atoms in total. The van der Waals surface area contributed by atoms with E-state index in [1.807, 2.05) is 23.7 Å². The summed E-state index contributed by atoms with van der Waals surface area (Å²) in [6.45, 7) is 0.285. The fourth-order valence-corrected chi connectivity index (χ4v) is 3.05. The van der Waals surface area contributed by atoms with Crippen LogP contribution in [0.15, 0.2) is 12.1 Å². The number of fused-ring (bicyclic) bond motifs is 4. The number of benzene rings is 1. The molecule has 0 amide bonds. The van der Waals surface area contributed by atoms with Crippen LogP contribution in [0.25, 0.3) is 10.9 Å². The number of aromatic nitrogens is 1. The second-order valence-corrected chi connectivity index (χ2v) is 4.89. The lowest BCUT2D eigenvalue weighted by molar-refractivity contribution is 0.0964. The highest BCUT2D eigenvalue weighted by atomic mass is 16.7. The summed E-state index contributed by atoms with van der Waals surface area (Å²) in [6.07, 6.45) is 2.57. The molecule has 0 bridgehead atoms. The summed E-state index contributed by atoms with van der Waals surface area (Å²) >= 11 is 0. The number of carbonyl (C=O) groups is 1. The van der Waals surface area contributed by atoms with Gasteiger partial charge < -0.3 is 14.0 Å². The number of Topliss-reactive ketones (excluding diaryl/α,β-unsaturated/α-hetero) is 1. The first kappa shape index (κ1) is 10.00. The Labute approximate surface area is 104 Å². The molecule has 0 saturated heterocycles. The van der Waals surface area contributed by atoms with Gasteiger partial charge in [-0.3, -0.25) is 4.79 Å². The minimum atomic E-state index is 0.247. The minimum Gasteiger partial charge on any atom is -0.454 e. The van der Waals surface area contributed by atoms with Crippen LogP contribution >= 0.6 is 0 Å². The van der Waals surface area contributed by atoms with Crippen LogP contribution in [-0.2, 0) is 13.5 Å². The molecule has 0 saturated carbocycles. The topological polar surface area (TPSA) is 40.5 Å². The van der Waals surface area contributed by atoms with Crippen molar-refractivity contribution in [1.29, 1.82) is 0 Å². The zero-order chi connectivity index (χ0) is 12.3. The maximum Gasteiger partial charge on any atom is 0.231 e. The zero-order valence-electron chi connectivity index (χ0n) is 10.2. The molecule has 2 aliphatic rings. The summed E-state index contributed by atoms with van der Waals surface area (Å²) in [5.74, 6) is 1.80. The fraction of sp³-hybridized carbons (Fsp3) is 0.357. The maximum atomic E-state index is 12.0. The monoisotopic (exact) mass is 243 g/mol. The third kappa shape index (κ3) is 1.12. The van der Waals surface area contributed by atoms with Crippen LogP contribution in [0.3, 0.4) is 0 Å². The molecule has 0 unspecified atom stereocenters. The molecule has 2 heterocycles. The molecule has 92 valence electrons. The van der Waals surface area contributed by atoms with Crippen molar-refractivity contribution in [1.82, 2.24) is 4.57 Å². The normalized spacial score (nSPS) is 17.3. The molecule has 4 heteroatoms. The van der Waals surface area contributed by atoms with Gasteiger partial charge in [0, 0.05) is 24.9 Å². The van der Waals surface area contributed by atoms with E-state index in [0.29, 0.717) is 6.42 Å². The van der Waals surface area contributed by atoms with E-state index >= 15 is 0 Å². The molecule has 4 rings (SSSR count). The first-order chi connectivity index (χ1) is 8.75. The quantitative estimate of drug-likeness (QED) is 0.713. The van der Waals surface area contributed by atoms with E-state index in [1.165, 1.54) is 5.56 Å². The summed E-state index contributed by atoms with van der Waals surface area (Å²) in [4.78, 5) is 12.0. The third-order valence-electron chi connectivity index (χ3n) is 3.89. The Balaban J connectivity index is 2.10. The second kappa shape index (κ2) is 3.28. The van der Waals surface area contributed by atoms with Crippen LogP contribution in [0.1, 0.15) is 28.9 Å². The van der Waals surface area contributed by atoms with E-state index in [-0.39, 0.29) is 12.6 Å². The summed E-state index contributed by atoms with van der Waals surface area (Å²) in [6, 6.07) is 3.98. The fourth-order valence-electron chi connectivity index (χ4n) is 3.05. The summed E-state index contributed by atoms with van der Waals surface area (Å²) in [7, 11) is 1.95. The van der Waals surface area contributed by atoms with E-state index in [9.17, 15) is 4.79 Å². The predicted molar refractivity (Wildman–Crippen MR) is 66.3 cm³/mol. The molecule has 2 aromatic rings. The van der Waals surface area contributed by atoms with Gasteiger partial charge in [0.05, 0.1) is 11.2 Å². The number of carbonyl (C=O) groups excluding carboxylic acids is 1. The van der Waals surface area contributed by atoms with Gasteiger partial charge in [0.1, 0.15) is 0 Å². The van der Waals surface area contributed by atoms with Gasteiger partial charge in [0.15, 0.2) is 17.3 Å². The Kier molecular flexibility index (Phi) is 1.82. The standard InChI is InChI=1S/C14H13NO3/c1-15-10-6-13-12(17-7-18-13)5-9(10)8-3-2-4-11(16)14(8)15/h5-6H,2-4,7H2,1H3. The molecular weight excluding hydrogens is 230 g/mol. The largest absolute Gasteiger partial charge is 0.454 e. The predicted octanol–water partition coefficient (Wildman–Crippen LogP) is 2.43. The lowest BCUT2D eigenvalue weighted by atomic mass is 9.94. The number of ketones is 1. The Hall–Kier alpha value is -1.97. The van der Waals surface area contributed by atoms with Gasteiger partial charge in [-0.2, -0.15) is 0 Å². The average molecular weight is 243 g/mol. The highest BCUT2D eigenvalue weighted by molar-refractivity contribution is 6.04. The Bertz CT molecular complexity index is 684. The molecule has 0 atom stereocenters. The number of hydrogen-bond acceptors (Lipinski definition) is 3.